The molecule has 0 aromatic heterocycles. The van der Waals surface area contributed by atoms with Crippen molar-refractivity contribution in [3.63, 3.8) is 0 Å². The molecule has 0 saturated carbocycles. The largest absolute Gasteiger partial charge is 0.468 e. The minimum absolute atomic E-state index is 0.0897. The fraction of sp³-hybridized carbons (Fsp3) is 0.200. The van der Waals surface area contributed by atoms with Crippen LogP contribution in [-0.4, -0.2) is 31.3 Å². The molecule has 1 amide bonds. The van der Waals surface area contributed by atoms with Gasteiger partial charge in [0.2, 0.25) is 5.91 Å². The number of hydrogen-bond donors (Lipinski definition) is 1. The number of hydrogen-bond acceptors (Lipinski definition) is 4. The van der Waals surface area contributed by atoms with E-state index in [-0.39, 0.29) is 18.2 Å². The molecule has 5 heteroatoms. The molecular weight excluding hydrogens is 274 g/mol. The van der Waals surface area contributed by atoms with Crippen LogP contribution in [0, 0.1) is 0 Å². The summed E-state index contributed by atoms with van der Waals surface area (Å²) in [4.78, 5) is 23.5. The lowest BCUT2D eigenvalue weighted by atomic mass is 10.1. The van der Waals surface area contributed by atoms with E-state index in [9.17, 15) is 9.59 Å². The Morgan fingerprint density at radius 1 is 1.15 bits per heavy atom. The molecule has 0 bridgehead atoms. The van der Waals surface area contributed by atoms with Gasteiger partial charge in [0.15, 0.2) is 0 Å². The molecule has 20 heavy (non-hydrogen) atoms. The highest BCUT2D eigenvalue weighted by atomic mass is 32.2. The van der Waals surface area contributed by atoms with Gasteiger partial charge in [0.05, 0.1) is 12.9 Å². The van der Waals surface area contributed by atoms with Gasteiger partial charge in [-0.15, -0.1) is 11.8 Å². The van der Waals surface area contributed by atoms with E-state index >= 15 is 0 Å². The maximum atomic E-state index is 11.6. The van der Waals surface area contributed by atoms with Crippen molar-refractivity contribution in [1.29, 1.82) is 0 Å². The van der Waals surface area contributed by atoms with Crippen molar-refractivity contribution in [3.05, 3.63) is 42.5 Å². The first-order valence-electron chi connectivity index (χ1n) is 6.14. The van der Waals surface area contributed by atoms with Gasteiger partial charge in [-0.3, -0.25) is 9.59 Å². The molecule has 4 nitrogen and oxygen atoms in total. The molecule has 104 valence electrons. The highest BCUT2D eigenvalue weighted by Gasteiger charge is 2.06. The van der Waals surface area contributed by atoms with Crippen LogP contribution >= 0.6 is 11.8 Å². The summed E-state index contributed by atoms with van der Waals surface area (Å²) in [6.07, 6.45) is 0. The first-order valence-corrected chi connectivity index (χ1v) is 7.13. The van der Waals surface area contributed by atoms with E-state index in [1.165, 1.54) is 24.3 Å². The first kappa shape index (κ1) is 14.4. The molecule has 0 heterocycles. The minimum atomic E-state index is -0.450. The van der Waals surface area contributed by atoms with Crippen LogP contribution in [0.25, 0.3) is 10.8 Å². The first-order chi connectivity index (χ1) is 9.69. The Labute approximate surface area is 121 Å². The van der Waals surface area contributed by atoms with Gasteiger partial charge in [-0.2, -0.15) is 0 Å². The summed E-state index contributed by atoms with van der Waals surface area (Å²) in [6, 6.07) is 14.1. The highest BCUT2D eigenvalue weighted by molar-refractivity contribution is 8.00. The van der Waals surface area contributed by atoms with Crippen molar-refractivity contribution in [2.75, 3.05) is 19.4 Å². The number of benzene rings is 2. The number of ether oxygens (including phenoxy) is 1. The second-order valence-corrected chi connectivity index (χ2v) is 5.20. The fourth-order valence-electron chi connectivity index (χ4n) is 1.70. The van der Waals surface area contributed by atoms with Gasteiger partial charge in [0.25, 0.3) is 0 Å². The van der Waals surface area contributed by atoms with Crippen LogP contribution in [0.1, 0.15) is 0 Å². The molecule has 0 radical (unpaired) electrons. The molecule has 1 N–H and O–H groups in total. The summed E-state index contributed by atoms with van der Waals surface area (Å²) in [7, 11) is 1.29. The van der Waals surface area contributed by atoms with E-state index in [2.05, 4.69) is 10.1 Å². The molecule has 0 aliphatic rings. The average Bonchev–Trinajstić information content (AvgIpc) is 2.50. The standard InChI is InChI=1S/C15H15NO3S/c1-19-15(18)9-16-14(17)10-20-13-7-6-11-4-2-3-5-12(11)8-13/h2-8H,9-10H2,1H3,(H,16,17). The lowest BCUT2D eigenvalue weighted by Crippen LogP contribution is -2.31. The molecule has 0 aliphatic carbocycles. The van der Waals surface area contributed by atoms with E-state index in [0.717, 1.165) is 10.3 Å². The van der Waals surface area contributed by atoms with Crippen LogP contribution in [0.3, 0.4) is 0 Å². The maximum absolute atomic E-state index is 11.6. The highest BCUT2D eigenvalue weighted by Crippen LogP contribution is 2.23. The SMILES string of the molecule is COC(=O)CNC(=O)CSc1ccc2ccccc2c1. The van der Waals surface area contributed by atoms with E-state index in [4.69, 9.17) is 0 Å². The van der Waals surface area contributed by atoms with Crippen LogP contribution in [0.15, 0.2) is 47.4 Å². The van der Waals surface area contributed by atoms with Crippen LogP contribution in [0.2, 0.25) is 0 Å². The zero-order valence-electron chi connectivity index (χ0n) is 11.1. The number of esters is 1. The average molecular weight is 289 g/mol. The molecule has 2 rings (SSSR count). The second-order valence-electron chi connectivity index (χ2n) is 4.15. The molecule has 0 fully saturated rings. The van der Waals surface area contributed by atoms with Crippen molar-refractivity contribution in [3.8, 4) is 0 Å². The summed E-state index contributed by atoms with van der Waals surface area (Å²) in [5.74, 6) is -0.363. The van der Waals surface area contributed by atoms with E-state index in [0.29, 0.717) is 0 Å². The third kappa shape index (κ3) is 3.99. The van der Waals surface area contributed by atoms with Crippen LogP contribution < -0.4 is 5.32 Å². The monoisotopic (exact) mass is 289 g/mol. The number of methoxy groups -OCH3 is 1. The summed E-state index contributed by atoms with van der Waals surface area (Å²) in [5, 5.41) is 4.83. The van der Waals surface area contributed by atoms with Gasteiger partial charge in [0.1, 0.15) is 6.54 Å². The summed E-state index contributed by atoms with van der Waals surface area (Å²) in [6.45, 7) is -0.0897. The van der Waals surface area contributed by atoms with Crippen molar-refractivity contribution >= 4 is 34.4 Å². The Hall–Kier alpha value is -2.01. The zero-order chi connectivity index (χ0) is 14.4. The van der Waals surface area contributed by atoms with Crippen molar-refractivity contribution in [2.45, 2.75) is 4.90 Å². The predicted molar refractivity (Wildman–Crippen MR) is 79.7 cm³/mol. The van der Waals surface area contributed by atoms with Crippen molar-refractivity contribution in [2.24, 2.45) is 0 Å². The summed E-state index contributed by atoms with van der Waals surface area (Å²) in [5.41, 5.74) is 0. The molecule has 2 aromatic rings. The number of carbonyl (C=O) groups excluding carboxylic acids is 2. The second kappa shape index (κ2) is 6.96. The number of rotatable bonds is 5. The predicted octanol–water partition coefficient (Wildman–Crippen LogP) is 2.22. The Balaban J connectivity index is 1.89. The number of carbonyl (C=O) groups is 2. The normalized spacial score (nSPS) is 10.2. The lowest BCUT2D eigenvalue weighted by molar-refractivity contribution is -0.140. The molecule has 0 atom stereocenters. The smallest absolute Gasteiger partial charge is 0.325 e. The van der Waals surface area contributed by atoms with Gasteiger partial charge in [-0.05, 0) is 22.9 Å². The molecule has 0 aliphatic heterocycles. The van der Waals surface area contributed by atoms with Gasteiger partial charge >= 0.3 is 5.97 Å². The van der Waals surface area contributed by atoms with Crippen LogP contribution in [-0.2, 0) is 14.3 Å². The summed E-state index contributed by atoms with van der Waals surface area (Å²) < 4.78 is 4.45. The zero-order valence-corrected chi connectivity index (χ0v) is 11.9. The minimum Gasteiger partial charge on any atom is -0.468 e. The maximum Gasteiger partial charge on any atom is 0.325 e. The molecule has 0 saturated heterocycles. The van der Waals surface area contributed by atoms with Gasteiger partial charge in [0, 0.05) is 4.90 Å². The molecule has 0 unspecified atom stereocenters. The Morgan fingerprint density at radius 3 is 2.65 bits per heavy atom. The van der Waals surface area contributed by atoms with E-state index in [1.807, 2.05) is 42.5 Å². The topological polar surface area (TPSA) is 55.4 Å². The van der Waals surface area contributed by atoms with Gasteiger partial charge < -0.3 is 10.1 Å². The van der Waals surface area contributed by atoms with Crippen LogP contribution in [0.5, 0.6) is 0 Å². The lowest BCUT2D eigenvalue weighted by Gasteiger charge is -2.05. The molecule has 0 spiro atoms. The third-order valence-electron chi connectivity index (χ3n) is 2.75. The molecule has 2 aromatic carbocycles. The summed E-state index contributed by atoms with van der Waals surface area (Å²) >= 11 is 1.44. The van der Waals surface area contributed by atoms with Crippen molar-refractivity contribution in [1.82, 2.24) is 5.32 Å². The number of amides is 1. The van der Waals surface area contributed by atoms with Gasteiger partial charge in [-0.25, -0.2) is 0 Å². The van der Waals surface area contributed by atoms with Crippen LogP contribution in [0.4, 0.5) is 0 Å². The number of thioether (sulfide) groups is 1. The number of fused-ring (bicyclic) bond motifs is 1. The van der Waals surface area contributed by atoms with E-state index in [1.54, 1.807) is 0 Å². The van der Waals surface area contributed by atoms with Gasteiger partial charge in [-0.1, -0.05) is 30.3 Å². The van der Waals surface area contributed by atoms with E-state index < -0.39 is 5.97 Å². The Morgan fingerprint density at radius 2 is 1.90 bits per heavy atom. The fourth-order valence-corrected chi connectivity index (χ4v) is 2.47. The Kier molecular flexibility index (Phi) is 5.01. The molecular formula is C15H15NO3S. The number of nitrogens with one attached hydrogen (secondary N) is 1. The van der Waals surface area contributed by atoms with Crippen molar-refractivity contribution < 1.29 is 14.3 Å². The quantitative estimate of drug-likeness (QED) is 0.677. The Bertz CT molecular complexity index is 627. The third-order valence-corrected chi connectivity index (χ3v) is 3.74.